The molecular weight excluding hydrogens is 282 g/mol. The fourth-order valence-electron chi connectivity index (χ4n) is 2.75. The largest absolute Gasteiger partial charge is 0.354 e. The molecule has 0 saturated heterocycles. The number of rotatable bonds is 5. The highest BCUT2D eigenvalue weighted by Gasteiger charge is 2.27. The maximum Gasteiger partial charge on any atom is 0.243 e. The van der Waals surface area contributed by atoms with Crippen LogP contribution in [-0.2, 0) is 17.8 Å². The Morgan fingerprint density at radius 3 is 3.14 bits per heavy atom. The summed E-state index contributed by atoms with van der Waals surface area (Å²) in [5.41, 5.74) is 1.86. The minimum atomic E-state index is -0.356. The minimum absolute atomic E-state index is 0.0282. The van der Waals surface area contributed by atoms with Crippen LogP contribution in [0, 0.1) is 13.8 Å². The molecule has 0 saturated carbocycles. The first-order chi connectivity index (χ1) is 10.6. The third-order valence-electron chi connectivity index (χ3n) is 3.82. The van der Waals surface area contributed by atoms with Gasteiger partial charge in [-0.15, -0.1) is 0 Å². The van der Waals surface area contributed by atoms with E-state index < -0.39 is 0 Å². The van der Waals surface area contributed by atoms with Gasteiger partial charge in [0.25, 0.3) is 0 Å². The number of H-pyrrole nitrogens is 1. The zero-order chi connectivity index (χ0) is 15.5. The van der Waals surface area contributed by atoms with E-state index in [0.717, 1.165) is 49.0 Å². The van der Waals surface area contributed by atoms with Gasteiger partial charge in [0.05, 0.1) is 12.0 Å². The van der Waals surface area contributed by atoms with Crippen LogP contribution in [0.5, 0.6) is 0 Å². The van der Waals surface area contributed by atoms with Crippen LogP contribution in [0.3, 0.4) is 0 Å². The van der Waals surface area contributed by atoms with Crippen molar-refractivity contribution in [3.05, 3.63) is 29.4 Å². The molecule has 3 heterocycles. The maximum atomic E-state index is 12.3. The van der Waals surface area contributed by atoms with E-state index in [4.69, 9.17) is 0 Å². The van der Waals surface area contributed by atoms with Crippen LogP contribution >= 0.6 is 0 Å². The summed E-state index contributed by atoms with van der Waals surface area (Å²) in [6, 6.07) is -0.356. The summed E-state index contributed by atoms with van der Waals surface area (Å²) in [5.74, 6) is 1.65. The van der Waals surface area contributed by atoms with Gasteiger partial charge in [-0.25, -0.2) is 9.97 Å². The first-order valence-corrected chi connectivity index (χ1v) is 7.56. The van der Waals surface area contributed by atoms with Crippen molar-refractivity contribution in [2.24, 2.45) is 0 Å². The Labute approximate surface area is 128 Å². The Morgan fingerprint density at radius 2 is 2.36 bits per heavy atom. The molecule has 1 atom stereocenters. The van der Waals surface area contributed by atoms with Crippen LogP contribution in [0.1, 0.15) is 35.5 Å². The first-order valence-electron chi connectivity index (χ1n) is 7.56. The molecule has 1 aliphatic heterocycles. The second-order valence-electron chi connectivity index (χ2n) is 5.48. The Balaban J connectivity index is 1.48. The third kappa shape index (κ3) is 3.01. The molecule has 1 aliphatic rings. The summed E-state index contributed by atoms with van der Waals surface area (Å²) in [6.07, 6.45) is 3.34. The molecule has 0 aliphatic carbocycles. The second-order valence-corrected chi connectivity index (χ2v) is 5.48. The van der Waals surface area contributed by atoms with Crippen LogP contribution in [0.2, 0.25) is 0 Å². The molecule has 2 aromatic rings. The Morgan fingerprint density at radius 1 is 1.50 bits per heavy atom. The minimum Gasteiger partial charge on any atom is -0.354 e. The predicted molar refractivity (Wildman–Crippen MR) is 80.2 cm³/mol. The molecule has 0 fully saturated rings. The van der Waals surface area contributed by atoms with E-state index in [9.17, 15) is 4.79 Å². The Bertz CT molecular complexity index is 660. The fourth-order valence-corrected chi connectivity index (χ4v) is 2.75. The lowest BCUT2D eigenvalue weighted by molar-refractivity contribution is -0.123. The highest BCUT2D eigenvalue weighted by molar-refractivity contribution is 5.83. The average Bonchev–Trinajstić information content (AvgIpc) is 3.09. The van der Waals surface area contributed by atoms with Crippen LogP contribution in [0.4, 0.5) is 0 Å². The standard InChI is InChI=1S/C14H21N7O/c1-9-19-10(2)21(20-9)7-3-5-16-14(22)13-12-11(4-6-15-13)17-8-18-12/h8,13,15H,3-7H2,1-2H3,(H,16,22)(H,17,18). The Hall–Kier alpha value is -2.22. The summed E-state index contributed by atoms with van der Waals surface area (Å²) in [7, 11) is 0. The van der Waals surface area contributed by atoms with Gasteiger partial charge in [-0.3, -0.25) is 9.48 Å². The molecule has 8 nitrogen and oxygen atoms in total. The summed E-state index contributed by atoms with van der Waals surface area (Å²) < 4.78 is 1.87. The predicted octanol–water partition coefficient (Wildman–Crippen LogP) is 0.0113. The lowest BCUT2D eigenvalue weighted by Gasteiger charge is -2.22. The molecular formula is C14H21N7O. The zero-order valence-electron chi connectivity index (χ0n) is 12.9. The van der Waals surface area contributed by atoms with Crippen molar-refractivity contribution < 1.29 is 4.79 Å². The van der Waals surface area contributed by atoms with Gasteiger partial charge in [0.2, 0.25) is 5.91 Å². The van der Waals surface area contributed by atoms with Crippen molar-refractivity contribution in [3.8, 4) is 0 Å². The normalized spacial score (nSPS) is 17.3. The van der Waals surface area contributed by atoms with Crippen molar-refractivity contribution in [3.63, 3.8) is 0 Å². The molecule has 3 N–H and O–H groups in total. The summed E-state index contributed by atoms with van der Waals surface area (Å²) in [6.45, 7) is 5.95. The molecule has 2 aromatic heterocycles. The maximum absolute atomic E-state index is 12.3. The number of hydrogen-bond donors (Lipinski definition) is 3. The number of amides is 1. The van der Waals surface area contributed by atoms with Crippen LogP contribution in [0.25, 0.3) is 0 Å². The van der Waals surface area contributed by atoms with Crippen molar-refractivity contribution in [2.45, 2.75) is 39.3 Å². The van der Waals surface area contributed by atoms with E-state index in [-0.39, 0.29) is 11.9 Å². The first kappa shape index (κ1) is 14.7. The van der Waals surface area contributed by atoms with Gasteiger partial charge in [-0.2, -0.15) is 5.10 Å². The molecule has 1 amide bonds. The molecule has 118 valence electrons. The van der Waals surface area contributed by atoms with Crippen molar-refractivity contribution in [2.75, 3.05) is 13.1 Å². The van der Waals surface area contributed by atoms with Crippen LogP contribution < -0.4 is 10.6 Å². The van der Waals surface area contributed by atoms with Crippen LogP contribution in [-0.4, -0.2) is 43.7 Å². The number of aryl methyl sites for hydroxylation is 3. The van der Waals surface area contributed by atoms with Crippen molar-refractivity contribution in [1.29, 1.82) is 0 Å². The molecule has 0 bridgehead atoms. The number of fused-ring (bicyclic) bond motifs is 1. The highest BCUT2D eigenvalue weighted by Crippen LogP contribution is 2.18. The fraction of sp³-hybridized carbons (Fsp3) is 0.571. The molecule has 22 heavy (non-hydrogen) atoms. The molecule has 3 rings (SSSR count). The van der Waals surface area contributed by atoms with Crippen LogP contribution in [0.15, 0.2) is 6.33 Å². The molecule has 8 heteroatoms. The van der Waals surface area contributed by atoms with E-state index in [1.54, 1.807) is 6.33 Å². The topological polar surface area (TPSA) is 101 Å². The Kier molecular flexibility index (Phi) is 4.19. The van der Waals surface area contributed by atoms with Crippen molar-refractivity contribution >= 4 is 5.91 Å². The zero-order valence-corrected chi connectivity index (χ0v) is 12.9. The number of nitrogens with zero attached hydrogens (tertiary/aromatic N) is 4. The summed E-state index contributed by atoms with van der Waals surface area (Å²) in [4.78, 5) is 23.9. The molecule has 0 spiro atoms. The van der Waals surface area contributed by atoms with E-state index >= 15 is 0 Å². The summed E-state index contributed by atoms with van der Waals surface area (Å²) >= 11 is 0. The van der Waals surface area contributed by atoms with Gasteiger partial charge in [0.1, 0.15) is 17.7 Å². The number of carbonyl (C=O) groups is 1. The number of hydrogen-bond acceptors (Lipinski definition) is 5. The van der Waals surface area contributed by atoms with Gasteiger partial charge in [-0.1, -0.05) is 0 Å². The number of aromatic nitrogens is 5. The van der Waals surface area contributed by atoms with Gasteiger partial charge in [0, 0.05) is 31.7 Å². The quantitative estimate of drug-likeness (QED) is 0.676. The number of imidazole rings is 1. The smallest absolute Gasteiger partial charge is 0.243 e. The molecule has 0 aromatic carbocycles. The number of nitrogens with one attached hydrogen (secondary N) is 3. The monoisotopic (exact) mass is 303 g/mol. The van der Waals surface area contributed by atoms with E-state index in [0.29, 0.717) is 6.54 Å². The molecule has 0 radical (unpaired) electrons. The summed E-state index contributed by atoms with van der Waals surface area (Å²) in [5, 5.41) is 10.5. The third-order valence-corrected chi connectivity index (χ3v) is 3.82. The van der Waals surface area contributed by atoms with Gasteiger partial charge in [0.15, 0.2) is 0 Å². The lowest BCUT2D eigenvalue weighted by atomic mass is 10.1. The average molecular weight is 303 g/mol. The van der Waals surface area contributed by atoms with E-state index in [2.05, 4.69) is 30.7 Å². The van der Waals surface area contributed by atoms with Gasteiger partial charge in [-0.05, 0) is 20.3 Å². The lowest BCUT2D eigenvalue weighted by Crippen LogP contribution is -2.42. The van der Waals surface area contributed by atoms with Gasteiger partial charge >= 0.3 is 0 Å². The van der Waals surface area contributed by atoms with E-state index in [1.807, 2.05) is 18.5 Å². The number of carbonyl (C=O) groups excluding carboxylic acids is 1. The second kappa shape index (κ2) is 6.27. The highest BCUT2D eigenvalue weighted by atomic mass is 16.2. The van der Waals surface area contributed by atoms with E-state index in [1.165, 1.54) is 0 Å². The number of aromatic amines is 1. The molecule has 1 unspecified atom stereocenters. The SMILES string of the molecule is Cc1nc(C)n(CCCNC(=O)C2NCCc3[nH]cnc32)n1. The van der Waals surface area contributed by atoms with Gasteiger partial charge < -0.3 is 15.6 Å². The van der Waals surface area contributed by atoms with Crippen molar-refractivity contribution in [1.82, 2.24) is 35.4 Å².